The number of hydrogen-bond acceptors (Lipinski definition) is 6. The number of nitrogens with one attached hydrogen (secondary N) is 2. The van der Waals surface area contributed by atoms with Gasteiger partial charge in [-0.15, -0.1) is 6.42 Å². The van der Waals surface area contributed by atoms with Crippen LogP contribution in [-0.2, 0) is 0 Å². The normalized spacial score (nSPS) is 18.8. The lowest BCUT2D eigenvalue weighted by Crippen LogP contribution is -2.44. The van der Waals surface area contributed by atoms with E-state index in [2.05, 4.69) is 61.7 Å². The quantitative estimate of drug-likeness (QED) is 0.383. The summed E-state index contributed by atoms with van der Waals surface area (Å²) in [6.07, 6.45) is 9.31. The number of nitrogens with zero attached hydrogens (tertiary/aromatic N) is 5. The van der Waals surface area contributed by atoms with E-state index in [0.717, 1.165) is 85.4 Å². The molecule has 3 fully saturated rings. The van der Waals surface area contributed by atoms with Crippen molar-refractivity contribution >= 4 is 38.5 Å². The molecule has 7 rings (SSSR count). The summed E-state index contributed by atoms with van der Waals surface area (Å²) < 4.78 is 2.32. The molecular weight excluding hydrogens is 498 g/mol. The summed E-state index contributed by atoms with van der Waals surface area (Å²) in [5, 5.41) is 14.8. The second kappa shape index (κ2) is 11.0. The lowest BCUT2D eigenvalue weighted by Gasteiger charge is -2.35. The molecule has 0 bridgehead atoms. The first-order valence-corrected chi connectivity index (χ1v) is 14.4. The molecule has 0 atom stereocenters. The third-order valence-electron chi connectivity index (χ3n) is 8.77. The van der Waals surface area contributed by atoms with Crippen LogP contribution in [0.2, 0.25) is 0 Å². The lowest BCUT2D eigenvalue weighted by molar-refractivity contribution is 0.291. The standard InChI is InChI=1S/C27H25N5O.C5H12N2/c1-3-18-14-21-24(15-23(18)31-11-9-30(2)10-12-31)32(19-5-4-6-19)27-25(26(21)33)20-8-7-17(16-28)13-22(20)29-27;1-7-4-2-6-3-5-7/h1,7-8,13-15,19,29H,4-6,9-12H2,2H3;6H,2-5H2,1H3. The molecule has 2 aromatic heterocycles. The molecule has 0 radical (unpaired) electrons. The van der Waals surface area contributed by atoms with Crippen LogP contribution in [0.3, 0.4) is 0 Å². The van der Waals surface area contributed by atoms with Crippen molar-refractivity contribution in [1.82, 2.24) is 24.7 Å². The molecule has 2 aliphatic heterocycles. The third kappa shape index (κ3) is 4.73. The topological polar surface area (TPSA) is 83.3 Å². The predicted octanol–water partition coefficient (Wildman–Crippen LogP) is 3.49. The molecule has 206 valence electrons. The van der Waals surface area contributed by atoms with E-state index in [0.29, 0.717) is 22.4 Å². The fourth-order valence-corrected chi connectivity index (χ4v) is 6.10. The van der Waals surface area contributed by atoms with Crippen molar-refractivity contribution in [3.63, 3.8) is 0 Å². The summed E-state index contributed by atoms with van der Waals surface area (Å²) >= 11 is 0. The molecule has 2 aromatic carbocycles. The monoisotopic (exact) mass is 535 g/mol. The van der Waals surface area contributed by atoms with Gasteiger partial charge in [-0.25, -0.2) is 0 Å². The van der Waals surface area contributed by atoms with Gasteiger partial charge in [-0.2, -0.15) is 5.26 Å². The number of terminal acetylenes is 1. The van der Waals surface area contributed by atoms with Crippen molar-refractivity contribution in [3.8, 4) is 18.4 Å². The Balaban J connectivity index is 0.000000363. The first-order valence-electron chi connectivity index (χ1n) is 14.4. The van der Waals surface area contributed by atoms with Crippen molar-refractivity contribution in [2.24, 2.45) is 0 Å². The fraction of sp³-hybridized carbons (Fsp3) is 0.438. The maximum Gasteiger partial charge on any atom is 0.199 e. The minimum absolute atomic E-state index is 0.00652. The average molecular weight is 536 g/mol. The van der Waals surface area contributed by atoms with Crippen LogP contribution >= 0.6 is 0 Å². The van der Waals surface area contributed by atoms with E-state index in [-0.39, 0.29) is 5.43 Å². The summed E-state index contributed by atoms with van der Waals surface area (Å²) in [7, 11) is 4.29. The Labute approximate surface area is 235 Å². The molecule has 0 spiro atoms. The first-order chi connectivity index (χ1) is 19.5. The van der Waals surface area contributed by atoms with E-state index in [1.54, 1.807) is 6.07 Å². The number of fused-ring (bicyclic) bond motifs is 4. The van der Waals surface area contributed by atoms with Crippen LogP contribution in [0.1, 0.15) is 36.4 Å². The van der Waals surface area contributed by atoms with Crippen LogP contribution < -0.4 is 15.6 Å². The van der Waals surface area contributed by atoms with Crippen LogP contribution in [0, 0.1) is 23.7 Å². The van der Waals surface area contributed by atoms with Gasteiger partial charge in [0.1, 0.15) is 5.65 Å². The highest BCUT2D eigenvalue weighted by atomic mass is 16.1. The van der Waals surface area contributed by atoms with Gasteiger partial charge in [0.05, 0.1) is 28.2 Å². The Morgan fingerprint density at radius 3 is 2.27 bits per heavy atom. The maximum atomic E-state index is 13.8. The minimum atomic E-state index is -0.00652. The average Bonchev–Trinajstić information content (AvgIpc) is 3.33. The molecule has 2 N–H and O–H groups in total. The Kier molecular flexibility index (Phi) is 7.25. The van der Waals surface area contributed by atoms with Crippen LogP contribution in [0.4, 0.5) is 5.69 Å². The Morgan fingerprint density at radius 1 is 0.950 bits per heavy atom. The van der Waals surface area contributed by atoms with E-state index in [1.165, 1.54) is 19.5 Å². The number of rotatable bonds is 2. The number of benzene rings is 2. The zero-order valence-corrected chi connectivity index (χ0v) is 23.5. The van der Waals surface area contributed by atoms with Crippen molar-refractivity contribution < 1.29 is 0 Å². The largest absolute Gasteiger partial charge is 0.368 e. The Bertz CT molecular complexity index is 1700. The van der Waals surface area contributed by atoms with Crippen molar-refractivity contribution in [2.45, 2.75) is 25.3 Å². The lowest BCUT2D eigenvalue weighted by atomic mass is 9.91. The number of nitriles is 1. The molecule has 3 aliphatic rings. The van der Waals surface area contributed by atoms with Gasteiger partial charge in [0.25, 0.3) is 0 Å². The molecule has 0 unspecified atom stereocenters. The number of likely N-dealkylation sites (N-methyl/N-ethyl adjacent to an activating group) is 2. The van der Waals surface area contributed by atoms with Crippen LogP contribution in [0.15, 0.2) is 35.1 Å². The number of aromatic amines is 1. The Morgan fingerprint density at radius 2 is 1.68 bits per heavy atom. The molecule has 4 aromatic rings. The SMILES string of the molecule is C#Cc1cc2c(=O)c3c4ccc(C#N)cc4[nH]c3n(C3CCC3)c2cc1N1CCN(C)CC1.CN1CCNCC1. The highest BCUT2D eigenvalue weighted by molar-refractivity contribution is 6.10. The number of H-pyrrole nitrogens is 1. The van der Waals surface area contributed by atoms with Gasteiger partial charge in [-0.3, -0.25) is 4.79 Å². The molecule has 0 amide bonds. The van der Waals surface area contributed by atoms with Gasteiger partial charge in [-0.05, 0) is 57.6 Å². The second-order valence-electron chi connectivity index (χ2n) is 11.4. The van der Waals surface area contributed by atoms with E-state index in [9.17, 15) is 10.1 Å². The van der Waals surface area contributed by atoms with Gasteiger partial charge >= 0.3 is 0 Å². The molecule has 1 aliphatic carbocycles. The highest BCUT2D eigenvalue weighted by Gasteiger charge is 2.27. The number of piperazine rings is 2. The van der Waals surface area contributed by atoms with Crippen molar-refractivity contribution in [1.29, 1.82) is 5.26 Å². The van der Waals surface area contributed by atoms with Crippen LogP contribution in [-0.4, -0.2) is 85.8 Å². The van der Waals surface area contributed by atoms with E-state index < -0.39 is 0 Å². The molecule has 40 heavy (non-hydrogen) atoms. The van der Waals surface area contributed by atoms with Gasteiger partial charge in [-0.1, -0.05) is 12.0 Å². The van der Waals surface area contributed by atoms with Gasteiger partial charge in [0, 0.05) is 80.3 Å². The zero-order valence-electron chi connectivity index (χ0n) is 23.5. The third-order valence-corrected chi connectivity index (χ3v) is 8.77. The zero-order chi connectivity index (χ0) is 27.8. The van der Waals surface area contributed by atoms with Crippen LogP contribution in [0.5, 0.6) is 0 Å². The van der Waals surface area contributed by atoms with Crippen molar-refractivity contribution in [3.05, 3.63) is 51.7 Å². The summed E-state index contributed by atoms with van der Waals surface area (Å²) in [6, 6.07) is 12.1. The van der Waals surface area contributed by atoms with Gasteiger partial charge in [0.15, 0.2) is 5.43 Å². The number of hydrogen-bond donors (Lipinski definition) is 2. The first kappa shape index (κ1) is 26.4. The summed E-state index contributed by atoms with van der Waals surface area (Å²) in [4.78, 5) is 24.3. The molecular formula is C32H37N7O. The number of aromatic nitrogens is 2. The smallest absolute Gasteiger partial charge is 0.199 e. The van der Waals surface area contributed by atoms with Gasteiger partial charge < -0.3 is 29.6 Å². The molecule has 1 saturated carbocycles. The highest BCUT2D eigenvalue weighted by Crippen LogP contribution is 2.39. The second-order valence-corrected chi connectivity index (χ2v) is 11.4. The van der Waals surface area contributed by atoms with Crippen molar-refractivity contribution in [2.75, 3.05) is 71.4 Å². The summed E-state index contributed by atoms with van der Waals surface area (Å²) in [5.41, 5.74) is 4.99. The van der Waals surface area contributed by atoms with E-state index >= 15 is 0 Å². The Hall–Kier alpha value is -3.82. The van der Waals surface area contributed by atoms with Gasteiger partial charge in [0.2, 0.25) is 0 Å². The molecule has 2 saturated heterocycles. The molecule has 8 heteroatoms. The minimum Gasteiger partial charge on any atom is -0.368 e. The predicted molar refractivity (Wildman–Crippen MR) is 163 cm³/mol. The molecule has 8 nitrogen and oxygen atoms in total. The molecule has 4 heterocycles. The number of anilines is 1. The number of pyridine rings is 1. The van der Waals surface area contributed by atoms with E-state index in [1.807, 2.05) is 18.2 Å². The summed E-state index contributed by atoms with van der Waals surface area (Å²) in [5.74, 6) is 2.85. The summed E-state index contributed by atoms with van der Waals surface area (Å²) in [6.45, 7) is 8.54. The fourth-order valence-electron chi connectivity index (χ4n) is 6.10. The van der Waals surface area contributed by atoms with Crippen LogP contribution in [0.25, 0.3) is 32.8 Å². The van der Waals surface area contributed by atoms with E-state index in [4.69, 9.17) is 6.42 Å². The maximum absolute atomic E-state index is 13.8.